The van der Waals surface area contributed by atoms with Gasteiger partial charge in [-0.25, -0.2) is 0 Å². The van der Waals surface area contributed by atoms with Crippen LogP contribution in [0.25, 0.3) is 0 Å². The summed E-state index contributed by atoms with van der Waals surface area (Å²) in [5.41, 5.74) is 2.44. The van der Waals surface area contributed by atoms with E-state index in [1.807, 2.05) is 0 Å². The maximum Gasteiger partial charge on any atom is 0.126 e. The Morgan fingerprint density at radius 1 is 1.44 bits per heavy atom. The predicted octanol–water partition coefficient (Wildman–Crippen LogP) is 4.23. The zero-order valence-electron chi connectivity index (χ0n) is 11.0. The maximum atomic E-state index is 5.93. The van der Waals surface area contributed by atoms with Crippen LogP contribution < -0.4 is 4.74 Å². The minimum Gasteiger partial charge on any atom is -0.493 e. The van der Waals surface area contributed by atoms with Crippen molar-refractivity contribution >= 4 is 15.9 Å². The molecule has 0 N–H and O–H groups in total. The number of alkyl halides is 1. The molecule has 1 saturated heterocycles. The Morgan fingerprint density at radius 3 is 3.06 bits per heavy atom. The fraction of sp³-hybridized carbons (Fsp3) is 0.600. The number of rotatable bonds is 6. The van der Waals surface area contributed by atoms with Gasteiger partial charge in [-0.3, -0.25) is 0 Å². The number of halogens is 1. The molecule has 1 aliphatic heterocycles. The molecule has 1 unspecified atom stereocenters. The minimum atomic E-state index is 0.473. The summed E-state index contributed by atoms with van der Waals surface area (Å²) in [6.07, 6.45) is 5.10. The quantitative estimate of drug-likeness (QED) is 0.578. The molecular weight excluding hydrogens is 292 g/mol. The van der Waals surface area contributed by atoms with Crippen molar-refractivity contribution in [3.8, 4) is 5.75 Å². The van der Waals surface area contributed by atoms with Gasteiger partial charge in [0.25, 0.3) is 0 Å². The summed E-state index contributed by atoms with van der Waals surface area (Å²) in [4.78, 5) is 0. The second-order valence-corrected chi connectivity index (χ2v) is 5.38. The van der Waals surface area contributed by atoms with Crippen LogP contribution in [0.3, 0.4) is 0 Å². The molecule has 0 aromatic heterocycles. The Hall–Kier alpha value is -0.540. The summed E-state index contributed by atoms with van der Waals surface area (Å²) in [7, 11) is 0. The fourth-order valence-electron chi connectivity index (χ4n) is 2.38. The van der Waals surface area contributed by atoms with Crippen molar-refractivity contribution in [1.29, 1.82) is 0 Å². The summed E-state index contributed by atoms with van der Waals surface area (Å²) in [5.74, 6) is 1.04. The van der Waals surface area contributed by atoms with Crippen LogP contribution in [0.5, 0.6) is 5.75 Å². The third-order valence-corrected chi connectivity index (χ3v) is 3.98. The van der Waals surface area contributed by atoms with E-state index in [1.165, 1.54) is 24.0 Å². The lowest BCUT2D eigenvalue weighted by atomic mass is 10.1. The molecule has 2 rings (SSSR count). The van der Waals surface area contributed by atoms with Gasteiger partial charge >= 0.3 is 0 Å². The van der Waals surface area contributed by atoms with E-state index in [4.69, 9.17) is 9.47 Å². The topological polar surface area (TPSA) is 18.5 Å². The van der Waals surface area contributed by atoms with Crippen molar-refractivity contribution in [2.75, 3.05) is 13.2 Å². The van der Waals surface area contributed by atoms with Gasteiger partial charge in [0, 0.05) is 17.5 Å². The molecule has 1 atom stereocenters. The number of ether oxygens (including phenoxy) is 2. The SMILES string of the molecule is Cc1cccc(CBr)c1OCCCC1CCCO1. The zero-order chi connectivity index (χ0) is 12.8. The highest BCUT2D eigenvalue weighted by atomic mass is 79.9. The Labute approximate surface area is 118 Å². The zero-order valence-corrected chi connectivity index (χ0v) is 12.5. The third kappa shape index (κ3) is 3.72. The van der Waals surface area contributed by atoms with E-state index in [0.717, 1.165) is 37.1 Å². The molecule has 100 valence electrons. The van der Waals surface area contributed by atoms with E-state index in [2.05, 4.69) is 41.1 Å². The minimum absolute atomic E-state index is 0.473. The van der Waals surface area contributed by atoms with E-state index in [-0.39, 0.29) is 0 Å². The molecule has 0 radical (unpaired) electrons. The van der Waals surface area contributed by atoms with Crippen LogP contribution in [0.15, 0.2) is 18.2 Å². The van der Waals surface area contributed by atoms with Crippen LogP contribution in [0.1, 0.15) is 36.8 Å². The van der Waals surface area contributed by atoms with Crippen molar-refractivity contribution in [3.63, 3.8) is 0 Å². The van der Waals surface area contributed by atoms with Gasteiger partial charge in [0.05, 0.1) is 12.7 Å². The summed E-state index contributed by atoms with van der Waals surface area (Å²) < 4.78 is 11.5. The Morgan fingerprint density at radius 2 is 2.33 bits per heavy atom. The Kier molecular flexibility index (Phi) is 5.51. The largest absolute Gasteiger partial charge is 0.493 e. The van der Waals surface area contributed by atoms with Gasteiger partial charge in [-0.1, -0.05) is 34.1 Å². The highest BCUT2D eigenvalue weighted by Crippen LogP contribution is 2.26. The number of hydrogen-bond donors (Lipinski definition) is 0. The van der Waals surface area contributed by atoms with Crippen LogP contribution >= 0.6 is 15.9 Å². The molecule has 0 bridgehead atoms. The Balaban J connectivity index is 1.78. The van der Waals surface area contributed by atoms with Crippen LogP contribution in [0.2, 0.25) is 0 Å². The molecule has 1 fully saturated rings. The van der Waals surface area contributed by atoms with Gasteiger partial charge < -0.3 is 9.47 Å². The average molecular weight is 313 g/mol. The highest BCUT2D eigenvalue weighted by Gasteiger charge is 2.14. The van der Waals surface area contributed by atoms with E-state index >= 15 is 0 Å². The first-order valence-electron chi connectivity index (χ1n) is 6.70. The molecule has 1 aliphatic rings. The summed E-state index contributed by atoms with van der Waals surface area (Å²) in [6.45, 7) is 3.82. The normalized spacial score (nSPS) is 19.1. The van der Waals surface area contributed by atoms with Gasteiger partial charge in [0.15, 0.2) is 0 Å². The summed E-state index contributed by atoms with van der Waals surface area (Å²) >= 11 is 3.51. The standard InChI is InChI=1S/C15H21BrO2/c1-12-5-2-6-13(11-16)15(12)18-10-4-8-14-7-3-9-17-14/h2,5-6,14H,3-4,7-11H2,1H3. The number of para-hydroxylation sites is 1. The van der Waals surface area contributed by atoms with Gasteiger partial charge in [-0.2, -0.15) is 0 Å². The maximum absolute atomic E-state index is 5.93. The third-order valence-electron chi connectivity index (χ3n) is 3.38. The molecule has 1 heterocycles. The lowest BCUT2D eigenvalue weighted by Gasteiger charge is -2.14. The van der Waals surface area contributed by atoms with E-state index in [9.17, 15) is 0 Å². The number of benzene rings is 1. The van der Waals surface area contributed by atoms with Crippen LogP contribution in [0.4, 0.5) is 0 Å². The van der Waals surface area contributed by atoms with Crippen molar-refractivity contribution in [1.82, 2.24) is 0 Å². The number of hydrogen-bond acceptors (Lipinski definition) is 2. The monoisotopic (exact) mass is 312 g/mol. The van der Waals surface area contributed by atoms with E-state index < -0.39 is 0 Å². The average Bonchev–Trinajstić information content (AvgIpc) is 2.89. The van der Waals surface area contributed by atoms with Crippen molar-refractivity contribution in [2.45, 2.75) is 44.0 Å². The molecule has 1 aromatic rings. The van der Waals surface area contributed by atoms with Crippen molar-refractivity contribution in [2.24, 2.45) is 0 Å². The lowest BCUT2D eigenvalue weighted by molar-refractivity contribution is 0.0980. The molecule has 18 heavy (non-hydrogen) atoms. The predicted molar refractivity (Wildman–Crippen MR) is 77.5 cm³/mol. The molecular formula is C15H21BrO2. The molecule has 1 aromatic carbocycles. The van der Waals surface area contributed by atoms with Crippen LogP contribution in [-0.4, -0.2) is 19.3 Å². The molecule has 0 aliphatic carbocycles. The first-order chi connectivity index (χ1) is 8.81. The fourth-order valence-corrected chi connectivity index (χ4v) is 2.82. The van der Waals surface area contributed by atoms with Crippen LogP contribution in [0, 0.1) is 6.92 Å². The first kappa shape index (κ1) is 13.9. The Bertz CT molecular complexity index is 373. The van der Waals surface area contributed by atoms with Crippen molar-refractivity contribution in [3.05, 3.63) is 29.3 Å². The molecule has 3 heteroatoms. The molecule has 0 amide bonds. The smallest absolute Gasteiger partial charge is 0.126 e. The summed E-state index contributed by atoms with van der Waals surface area (Å²) in [6, 6.07) is 6.28. The van der Waals surface area contributed by atoms with Gasteiger partial charge in [-0.15, -0.1) is 0 Å². The van der Waals surface area contributed by atoms with E-state index in [0.29, 0.717) is 6.10 Å². The highest BCUT2D eigenvalue weighted by molar-refractivity contribution is 9.08. The molecule has 2 nitrogen and oxygen atoms in total. The lowest BCUT2D eigenvalue weighted by Crippen LogP contribution is -2.08. The van der Waals surface area contributed by atoms with Gasteiger partial charge in [0.1, 0.15) is 5.75 Å². The first-order valence-corrected chi connectivity index (χ1v) is 7.82. The number of aryl methyl sites for hydroxylation is 1. The van der Waals surface area contributed by atoms with Gasteiger partial charge in [-0.05, 0) is 38.2 Å². The summed E-state index contributed by atoms with van der Waals surface area (Å²) in [5, 5.41) is 0.843. The molecule has 0 spiro atoms. The van der Waals surface area contributed by atoms with Crippen LogP contribution in [-0.2, 0) is 10.1 Å². The van der Waals surface area contributed by atoms with Gasteiger partial charge in [0.2, 0.25) is 0 Å². The van der Waals surface area contributed by atoms with E-state index in [1.54, 1.807) is 0 Å². The van der Waals surface area contributed by atoms with Crippen molar-refractivity contribution < 1.29 is 9.47 Å². The molecule has 0 saturated carbocycles. The second-order valence-electron chi connectivity index (χ2n) is 4.82. The second kappa shape index (κ2) is 7.15.